The zero-order valence-corrected chi connectivity index (χ0v) is 15.6. The topological polar surface area (TPSA) is 51.2 Å². The van der Waals surface area contributed by atoms with Gasteiger partial charge in [-0.25, -0.2) is 0 Å². The first-order chi connectivity index (χ1) is 12.6. The second-order valence-electron chi connectivity index (χ2n) is 6.13. The molecule has 0 radical (unpaired) electrons. The van der Waals surface area contributed by atoms with Crippen molar-refractivity contribution in [1.82, 2.24) is 0 Å². The fraction of sp³-hybridized carbons (Fsp3) is 0.350. The minimum absolute atomic E-state index is 0.0907. The van der Waals surface area contributed by atoms with Crippen molar-refractivity contribution in [3.05, 3.63) is 42.0 Å². The molecule has 0 saturated heterocycles. The lowest BCUT2D eigenvalue weighted by Crippen LogP contribution is -2.31. The van der Waals surface area contributed by atoms with Gasteiger partial charge in [0.2, 0.25) is 5.75 Å². The van der Waals surface area contributed by atoms with Crippen LogP contribution in [0.2, 0.25) is 0 Å². The predicted octanol–water partition coefficient (Wildman–Crippen LogP) is 3.20. The summed E-state index contributed by atoms with van der Waals surface area (Å²) in [5.74, 6) is 1.32. The Kier molecular flexibility index (Phi) is 5.21. The van der Waals surface area contributed by atoms with Gasteiger partial charge < -0.3 is 24.0 Å². The normalized spacial score (nSPS) is 13.7. The van der Waals surface area contributed by atoms with E-state index in [2.05, 4.69) is 4.90 Å². The number of carbonyl (C=O) groups is 1. The molecule has 0 spiro atoms. The van der Waals surface area contributed by atoms with E-state index >= 15 is 0 Å². The third-order valence-electron chi connectivity index (χ3n) is 4.62. The van der Waals surface area contributed by atoms with Crippen LogP contribution in [-0.4, -0.2) is 47.4 Å². The van der Waals surface area contributed by atoms with Crippen molar-refractivity contribution in [2.75, 3.05) is 51.3 Å². The maximum Gasteiger partial charge on any atom is 0.258 e. The first kappa shape index (κ1) is 17.9. The van der Waals surface area contributed by atoms with E-state index in [1.165, 1.54) is 0 Å². The summed E-state index contributed by atoms with van der Waals surface area (Å²) in [6.45, 7) is 1.55. The summed E-state index contributed by atoms with van der Waals surface area (Å²) in [7, 11) is 6.68. The molecule has 1 aliphatic rings. The summed E-state index contributed by atoms with van der Waals surface area (Å²) in [6, 6.07) is 11.3. The number of anilines is 2. The average Bonchev–Trinajstić information content (AvgIpc) is 2.85. The number of amides is 1. The van der Waals surface area contributed by atoms with Gasteiger partial charge in [0, 0.05) is 25.7 Å². The van der Waals surface area contributed by atoms with Crippen LogP contribution in [0.25, 0.3) is 0 Å². The van der Waals surface area contributed by atoms with Gasteiger partial charge in [0.15, 0.2) is 11.5 Å². The molecule has 6 nitrogen and oxygen atoms in total. The van der Waals surface area contributed by atoms with E-state index in [4.69, 9.17) is 14.2 Å². The van der Waals surface area contributed by atoms with Gasteiger partial charge >= 0.3 is 0 Å². The van der Waals surface area contributed by atoms with Crippen molar-refractivity contribution >= 4 is 17.3 Å². The molecule has 0 saturated carbocycles. The molecule has 26 heavy (non-hydrogen) atoms. The van der Waals surface area contributed by atoms with Gasteiger partial charge in [0.05, 0.1) is 32.7 Å². The highest BCUT2D eigenvalue weighted by Crippen LogP contribution is 2.39. The molecule has 0 unspecified atom stereocenters. The van der Waals surface area contributed by atoms with Crippen molar-refractivity contribution in [3.63, 3.8) is 0 Å². The Morgan fingerprint density at radius 1 is 0.923 bits per heavy atom. The van der Waals surface area contributed by atoms with Crippen molar-refractivity contribution in [2.45, 2.75) is 6.42 Å². The number of hydrogen-bond donors (Lipinski definition) is 0. The molecule has 138 valence electrons. The third-order valence-corrected chi connectivity index (χ3v) is 4.62. The molecule has 3 rings (SSSR count). The molecule has 6 heteroatoms. The maximum absolute atomic E-state index is 13.3. The van der Waals surface area contributed by atoms with Gasteiger partial charge in [0.1, 0.15) is 0 Å². The van der Waals surface area contributed by atoms with Gasteiger partial charge in [-0.05, 0) is 30.7 Å². The van der Waals surface area contributed by atoms with Crippen LogP contribution in [0.5, 0.6) is 17.2 Å². The molecule has 0 aliphatic carbocycles. The zero-order chi connectivity index (χ0) is 18.7. The van der Waals surface area contributed by atoms with Crippen LogP contribution in [0.15, 0.2) is 36.4 Å². The predicted molar refractivity (Wildman–Crippen MR) is 102 cm³/mol. The highest BCUT2D eigenvalue weighted by Gasteiger charge is 2.26. The number of benzene rings is 2. The van der Waals surface area contributed by atoms with Gasteiger partial charge in [-0.15, -0.1) is 0 Å². The van der Waals surface area contributed by atoms with E-state index in [-0.39, 0.29) is 5.91 Å². The van der Waals surface area contributed by atoms with Crippen LogP contribution < -0.4 is 24.0 Å². The van der Waals surface area contributed by atoms with E-state index in [1.54, 1.807) is 33.5 Å². The minimum Gasteiger partial charge on any atom is -0.493 e. The molecule has 1 amide bonds. The van der Waals surface area contributed by atoms with E-state index in [0.29, 0.717) is 29.4 Å². The molecule has 2 aromatic carbocycles. The van der Waals surface area contributed by atoms with Crippen LogP contribution >= 0.6 is 0 Å². The number of nitrogens with zero attached hydrogens (tertiary/aromatic N) is 2. The second-order valence-corrected chi connectivity index (χ2v) is 6.13. The third kappa shape index (κ3) is 3.14. The van der Waals surface area contributed by atoms with Crippen molar-refractivity contribution in [1.29, 1.82) is 0 Å². The Hall–Kier alpha value is -2.89. The number of methoxy groups -OCH3 is 3. The molecule has 2 aromatic rings. The van der Waals surface area contributed by atoms with Crippen molar-refractivity contribution < 1.29 is 19.0 Å². The fourth-order valence-electron chi connectivity index (χ4n) is 3.29. The smallest absolute Gasteiger partial charge is 0.258 e. The highest BCUT2D eigenvalue weighted by molar-refractivity contribution is 6.08. The number of carbonyl (C=O) groups excluding carboxylic acids is 1. The highest BCUT2D eigenvalue weighted by atomic mass is 16.5. The molecule has 0 bridgehead atoms. The van der Waals surface area contributed by atoms with Gasteiger partial charge in [-0.2, -0.15) is 0 Å². The first-order valence-corrected chi connectivity index (χ1v) is 8.52. The van der Waals surface area contributed by atoms with Crippen molar-refractivity contribution in [2.24, 2.45) is 0 Å². The monoisotopic (exact) mass is 356 g/mol. The lowest BCUT2D eigenvalue weighted by atomic mass is 10.1. The Balaban J connectivity index is 2.05. The first-order valence-electron chi connectivity index (χ1n) is 8.52. The SMILES string of the molecule is COc1cc(C(=O)N2CCCN(C)c3ccccc32)cc(OC)c1OC. The lowest BCUT2D eigenvalue weighted by molar-refractivity contribution is 0.0986. The summed E-state index contributed by atoms with van der Waals surface area (Å²) in [5.41, 5.74) is 2.45. The molecule has 1 aliphatic heterocycles. The summed E-state index contributed by atoms with van der Waals surface area (Å²) in [5, 5.41) is 0. The van der Waals surface area contributed by atoms with Crippen molar-refractivity contribution in [3.8, 4) is 17.2 Å². The quantitative estimate of drug-likeness (QED) is 0.842. The van der Waals surface area contributed by atoms with E-state index in [0.717, 1.165) is 24.3 Å². The summed E-state index contributed by atoms with van der Waals surface area (Å²) < 4.78 is 16.1. The Bertz CT molecular complexity index is 781. The van der Waals surface area contributed by atoms with Gasteiger partial charge in [0.25, 0.3) is 5.91 Å². The molecule has 0 atom stereocenters. The van der Waals surface area contributed by atoms with Gasteiger partial charge in [-0.1, -0.05) is 12.1 Å². The fourth-order valence-corrected chi connectivity index (χ4v) is 3.29. The molecular formula is C20H24N2O4. The number of hydrogen-bond acceptors (Lipinski definition) is 5. The number of fused-ring (bicyclic) bond motifs is 1. The molecule has 0 N–H and O–H groups in total. The Morgan fingerprint density at radius 2 is 1.54 bits per heavy atom. The molecule has 1 heterocycles. The second kappa shape index (κ2) is 7.56. The van der Waals surface area contributed by atoms with Crippen LogP contribution in [0, 0.1) is 0 Å². The lowest BCUT2D eigenvalue weighted by Gasteiger charge is -2.25. The largest absolute Gasteiger partial charge is 0.493 e. The summed E-state index contributed by atoms with van der Waals surface area (Å²) >= 11 is 0. The number of para-hydroxylation sites is 2. The van der Waals surface area contributed by atoms with Crippen LogP contribution in [-0.2, 0) is 0 Å². The molecule has 0 aromatic heterocycles. The van der Waals surface area contributed by atoms with Crippen LogP contribution in [0.3, 0.4) is 0 Å². The van der Waals surface area contributed by atoms with Crippen LogP contribution in [0.1, 0.15) is 16.8 Å². The van der Waals surface area contributed by atoms with E-state index < -0.39 is 0 Å². The number of ether oxygens (including phenoxy) is 3. The Morgan fingerprint density at radius 3 is 2.12 bits per heavy atom. The average molecular weight is 356 g/mol. The zero-order valence-electron chi connectivity index (χ0n) is 15.6. The van der Waals surface area contributed by atoms with E-state index in [9.17, 15) is 4.79 Å². The molecular weight excluding hydrogens is 332 g/mol. The summed E-state index contributed by atoms with van der Waals surface area (Å²) in [6.07, 6.45) is 0.890. The standard InChI is InChI=1S/C20H24N2O4/c1-21-10-7-11-22(16-9-6-5-8-15(16)21)20(23)14-12-17(24-2)19(26-4)18(13-14)25-3/h5-6,8-9,12-13H,7,10-11H2,1-4H3. The minimum atomic E-state index is -0.0907. The van der Waals surface area contributed by atoms with E-state index in [1.807, 2.05) is 36.2 Å². The van der Waals surface area contributed by atoms with Crippen LogP contribution in [0.4, 0.5) is 11.4 Å². The maximum atomic E-state index is 13.3. The molecule has 0 fully saturated rings. The van der Waals surface area contributed by atoms with Gasteiger partial charge in [-0.3, -0.25) is 4.79 Å². The summed E-state index contributed by atoms with van der Waals surface area (Å²) in [4.78, 5) is 17.3. The number of rotatable bonds is 4. The Labute approximate surface area is 153 Å².